The number of hydrogen-bond acceptors (Lipinski definition) is 3. The van der Waals surface area contributed by atoms with Crippen molar-refractivity contribution in [2.75, 3.05) is 0 Å². The predicted octanol–water partition coefficient (Wildman–Crippen LogP) is 3.05. The molecule has 2 bridgehead atoms. The number of halogens is 1. The van der Waals surface area contributed by atoms with Gasteiger partial charge in [0.05, 0.1) is 11.7 Å². The minimum absolute atomic E-state index is 0. The molecule has 1 heterocycles. The van der Waals surface area contributed by atoms with Gasteiger partial charge >= 0.3 is 7.12 Å². The smallest absolute Gasteiger partial charge is 0.404 e. The number of rotatable bonds is 3. The van der Waals surface area contributed by atoms with Crippen LogP contribution < -0.4 is 5.73 Å². The summed E-state index contributed by atoms with van der Waals surface area (Å²) >= 11 is 0. The highest BCUT2D eigenvalue weighted by atomic mass is 35.5. The standard InChI is InChI=1S/C15H28BNO2.ClH/c1-9(2)6-13(17)16-18-12-8-10-7-11(14(10,3)4)15(12,5)19-16;/h9-13H,6-8,17H2,1-5H3;1H/t10?,11-,12+,13?,15-;/m0./s1. The summed E-state index contributed by atoms with van der Waals surface area (Å²) in [5.41, 5.74) is 6.56. The first-order chi connectivity index (χ1) is 8.75. The summed E-state index contributed by atoms with van der Waals surface area (Å²) in [6, 6.07) is 0. The van der Waals surface area contributed by atoms with Gasteiger partial charge in [0.1, 0.15) is 0 Å². The van der Waals surface area contributed by atoms with Crippen LogP contribution >= 0.6 is 12.4 Å². The Hall–Kier alpha value is 0.235. The maximum Gasteiger partial charge on any atom is 0.475 e. The molecule has 3 aliphatic carbocycles. The van der Waals surface area contributed by atoms with Crippen molar-refractivity contribution in [2.24, 2.45) is 28.9 Å². The van der Waals surface area contributed by atoms with Gasteiger partial charge in [0.2, 0.25) is 0 Å². The number of nitrogens with two attached hydrogens (primary N) is 1. The van der Waals surface area contributed by atoms with E-state index in [0.29, 0.717) is 17.3 Å². The van der Waals surface area contributed by atoms with Gasteiger partial charge in [0.25, 0.3) is 0 Å². The molecule has 0 aromatic carbocycles. The zero-order chi connectivity index (χ0) is 14.0. The Labute approximate surface area is 129 Å². The average molecular weight is 302 g/mol. The molecule has 5 atom stereocenters. The van der Waals surface area contributed by atoms with Gasteiger partial charge in [0.15, 0.2) is 0 Å². The fourth-order valence-corrected chi connectivity index (χ4v) is 4.74. The topological polar surface area (TPSA) is 44.5 Å². The van der Waals surface area contributed by atoms with E-state index in [4.69, 9.17) is 15.0 Å². The van der Waals surface area contributed by atoms with Crippen LogP contribution in [-0.2, 0) is 9.31 Å². The van der Waals surface area contributed by atoms with E-state index in [1.807, 2.05) is 0 Å². The first-order valence-corrected chi connectivity index (χ1v) is 7.84. The maximum atomic E-state index is 6.35. The number of hydrogen-bond donors (Lipinski definition) is 1. The lowest BCUT2D eigenvalue weighted by Gasteiger charge is -2.64. The molecule has 3 saturated carbocycles. The fourth-order valence-electron chi connectivity index (χ4n) is 4.74. The predicted molar refractivity (Wildman–Crippen MR) is 84.8 cm³/mol. The Morgan fingerprint density at radius 2 is 1.90 bits per heavy atom. The summed E-state index contributed by atoms with van der Waals surface area (Å²) in [6.45, 7) is 11.4. The van der Waals surface area contributed by atoms with Gasteiger partial charge in [-0.05, 0) is 49.4 Å². The molecule has 4 aliphatic rings. The molecule has 0 radical (unpaired) electrons. The quantitative estimate of drug-likeness (QED) is 0.815. The van der Waals surface area contributed by atoms with Gasteiger partial charge in [0, 0.05) is 5.94 Å². The summed E-state index contributed by atoms with van der Waals surface area (Å²) in [4.78, 5) is 0. The zero-order valence-electron chi connectivity index (χ0n) is 13.4. The molecular weight excluding hydrogens is 272 g/mol. The summed E-state index contributed by atoms with van der Waals surface area (Å²) in [5.74, 6) is 2.02. The van der Waals surface area contributed by atoms with Crippen molar-refractivity contribution in [2.45, 2.75) is 71.5 Å². The minimum Gasteiger partial charge on any atom is -0.404 e. The van der Waals surface area contributed by atoms with Gasteiger partial charge in [-0.1, -0.05) is 27.7 Å². The van der Waals surface area contributed by atoms with E-state index >= 15 is 0 Å². The molecule has 0 spiro atoms. The molecule has 0 aromatic rings. The molecule has 0 amide bonds. The lowest BCUT2D eigenvalue weighted by molar-refractivity contribution is -0.199. The van der Waals surface area contributed by atoms with Crippen LogP contribution in [0.2, 0.25) is 0 Å². The summed E-state index contributed by atoms with van der Waals surface area (Å²) in [5, 5.41) is 0. The third-order valence-electron chi connectivity index (χ3n) is 6.06. The molecular formula is C15H29BClNO2. The van der Waals surface area contributed by atoms with Gasteiger partial charge < -0.3 is 15.0 Å². The highest BCUT2D eigenvalue weighted by molar-refractivity contribution is 6.47. The van der Waals surface area contributed by atoms with E-state index in [-0.39, 0.29) is 37.2 Å². The van der Waals surface area contributed by atoms with Crippen molar-refractivity contribution in [3.63, 3.8) is 0 Å². The molecule has 116 valence electrons. The fraction of sp³-hybridized carbons (Fsp3) is 1.00. The van der Waals surface area contributed by atoms with Crippen molar-refractivity contribution in [3.8, 4) is 0 Å². The van der Waals surface area contributed by atoms with Gasteiger partial charge in [-0.15, -0.1) is 12.4 Å². The van der Waals surface area contributed by atoms with Gasteiger partial charge in [-0.3, -0.25) is 0 Å². The average Bonchev–Trinajstić information content (AvgIpc) is 2.64. The van der Waals surface area contributed by atoms with Gasteiger partial charge in [-0.2, -0.15) is 0 Å². The second-order valence-electron chi connectivity index (χ2n) is 8.13. The Morgan fingerprint density at radius 3 is 2.45 bits per heavy atom. The summed E-state index contributed by atoms with van der Waals surface area (Å²) < 4.78 is 12.5. The van der Waals surface area contributed by atoms with Crippen LogP contribution in [0.25, 0.3) is 0 Å². The van der Waals surface area contributed by atoms with Crippen LogP contribution in [0.5, 0.6) is 0 Å². The van der Waals surface area contributed by atoms with Crippen LogP contribution in [0.3, 0.4) is 0 Å². The van der Waals surface area contributed by atoms with Crippen molar-refractivity contribution in [3.05, 3.63) is 0 Å². The normalized spacial score (nSPS) is 42.8. The summed E-state index contributed by atoms with van der Waals surface area (Å²) in [7, 11) is -0.201. The molecule has 2 N–H and O–H groups in total. The highest BCUT2D eigenvalue weighted by Crippen LogP contribution is 2.65. The Balaban J connectivity index is 0.00000147. The van der Waals surface area contributed by atoms with E-state index in [9.17, 15) is 0 Å². The lowest BCUT2D eigenvalue weighted by atomic mass is 9.43. The van der Waals surface area contributed by atoms with Crippen molar-refractivity contribution in [1.82, 2.24) is 0 Å². The second-order valence-corrected chi connectivity index (χ2v) is 8.13. The molecule has 4 fully saturated rings. The second kappa shape index (κ2) is 5.15. The molecule has 4 rings (SSSR count). The lowest BCUT2D eigenvalue weighted by Crippen LogP contribution is -2.65. The summed E-state index contributed by atoms with van der Waals surface area (Å²) in [6.07, 6.45) is 3.67. The Morgan fingerprint density at radius 1 is 1.25 bits per heavy atom. The SMILES string of the molecule is CC(C)CC(N)B1O[C@@H]2CC3C[C@@H](C3(C)C)[C@]2(C)O1.Cl. The van der Waals surface area contributed by atoms with Crippen molar-refractivity contribution < 1.29 is 9.31 Å². The Kier molecular flexibility index (Phi) is 4.28. The van der Waals surface area contributed by atoms with Gasteiger partial charge in [-0.25, -0.2) is 0 Å². The third-order valence-corrected chi connectivity index (χ3v) is 6.06. The van der Waals surface area contributed by atoms with Crippen LogP contribution in [0.4, 0.5) is 0 Å². The van der Waals surface area contributed by atoms with E-state index < -0.39 is 0 Å². The van der Waals surface area contributed by atoms with Crippen molar-refractivity contribution >= 4 is 19.5 Å². The molecule has 2 unspecified atom stereocenters. The molecule has 3 nitrogen and oxygen atoms in total. The van der Waals surface area contributed by atoms with Crippen LogP contribution in [0, 0.1) is 23.2 Å². The molecule has 1 saturated heterocycles. The van der Waals surface area contributed by atoms with E-state index in [0.717, 1.165) is 18.8 Å². The molecule has 20 heavy (non-hydrogen) atoms. The molecule has 0 aromatic heterocycles. The van der Waals surface area contributed by atoms with E-state index in [1.165, 1.54) is 6.42 Å². The van der Waals surface area contributed by atoms with E-state index in [2.05, 4.69) is 34.6 Å². The van der Waals surface area contributed by atoms with Crippen LogP contribution in [-0.4, -0.2) is 24.8 Å². The molecule has 1 aliphatic heterocycles. The highest BCUT2D eigenvalue weighted by Gasteiger charge is 2.68. The van der Waals surface area contributed by atoms with Crippen molar-refractivity contribution in [1.29, 1.82) is 0 Å². The molecule has 5 heteroatoms. The largest absolute Gasteiger partial charge is 0.475 e. The van der Waals surface area contributed by atoms with Crippen LogP contribution in [0.1, 0.15) is 53.9 Å². The minimum atomic E-state index is -0.201. The van der Waals surface area contributed by atoms with Crippen LogP contribution in [0.15, 0.2) is 0 Å². The van der Waals surface area contributed by atoms with E-state index in [1.54, 1.807) is 0 Å². The maximum absolute atomic E-state index is 6.35. The Bertz CT molecular complexity index is 379. The first kappa shape index (κ1) is 16.6. The third kappa shape index (κ3) is 2.23. The zero-order valence-corrected chi connectivity index (χ0v) is 14.2. The first-order valence-electron chi connectivity index (χ1n) is 7.84. The monoisotopic (exact) mass is 301 g/mol.